The SMILES string of the molecule is C=C(C(C)OCC)P(=O)(OCC)OCC. The molecule has 0 aliphatic carbocycles. The van der Waals surface area contributed by atoms with Gasteiger partial charge in [-0.15, -0.1) is 0 Å². The predicted molar refractivity (Wildman–Crippen MR) is 61.1 cm³/mol. The van der Waals surface area contributed by atoms with Crippen LogP contribution in [-0.2, 0) is 18.3 Å². The van der Waals surface area contributed by atoms with Crippen molar-refractivity contribution in [2.75, 3.05) is 19.8 Å². The van der Waals surface area contributed by atoms with Gasteiger partial charge in [0, 0.05) is 6.61 Å². The van der Waals surface area contributed by atoms with Crippen molar-refractivity contribution in [2.45, 2.75) is 33.8 Å². The summed E-state index contributed by atoms with van der Waals surface area (Å²) in [5.74, 6) is 0. The van der Waals surface area contributed by atoms with Crippen molar-refractivity contribution in [3.63, 3.8) is 0 Å². The Morgan fingerprint density at radius 1 is 1.20 bits per heavy atom. The van der Waals surface area contributed by atoms with Crippen LogP contribution < -0.4 is 0 Å². The molecule has 0 saturated heterocycles. The molecule has 0 spiro atoms. The summed E-state index contributed by atoms with van der Waals surface area (Å²) in [6.45, 7) is 12.1. The Hall–Kier alpha value is -0.150. The fourth-order valence-electron chi connectivity index (χ4n) is 1.11. The lowest BCUT2D eigenvalue weighted by Crippen LogP contribution is -2.13. The van der Waals surface area contributed by atoms with Crippen LogP contribution >= 0.6 is 7.60 Å². The molecule has 1 unspecified atom stereocenters. The van der Waals surface area contributed by atoms with Gasteiger partial charge in [0.2, 0.25) is 0 Å². The number of hydrogen-bond donors (Lipinski definition) is 0. The van der Waals surface area contributed by atoms with Crippen molar-refractivity contribution in [1.29, 1.82) is 0 Å². The van der Waals surface area contributed by atoms with E-state index in [1.807, 2.05) is 6.92 Å². The molecule has 0 aromatic heterocycles. The van der Waals surface area contributed by atoms with Gasteiger partial charge in [-0.1, -0.05) is 6.58 Å². The predicted octanol–water partition coefficient (Wildman–Crippen LogP) is 3.19. The summed E-state index contributed by atoms with van der Waals surface area (Å²) in [7, 11) is -3.22. The van der Waals surface area contributed by atoms with Crippen LogP contribution in [0.4, 0.5) is 0 Å². The molecule has 0 N–H and O–H groups in total. The number of ether oxygens (including phenoxy) is 1. The summed E-state index contributed by atoms with van der Waals surface area (Å²) in [5.41, 5.74) is 0. The summed E-state index contributed by atoms with van der Waals surface area (Å²) in [5, 5.41) is 0.382. The Morgan fingerprint density at radius 2 is 1.67 bits per heavy atom. The topological polar surface area (TPSA) is 44.8 Å². The van der Waals surface area contributed by atoms with E-state index in [1.165, 1.54) is 0 Å². The lowest BCUT2D eigenvalue weighted by atomic mass is 10.4. The van der Waals surface area contributed by atoms with Crippen LogP contribution in [0.2, 0.25) is 0 Å². The third-order valence-corrected chi connectivity index (χ3v) is 4.10. The van der Waals surface area contributed by atoms with Crippen molar-refractivity contribution in [2.24, 2.45) is 0 Å². The van der Waals surface area contributed by atoms with Crippen molar-refractivity contribution >= 4 is 7.60 Å². The average molecular weight is 236 g/mol. The van der Waals surface area contributed by atoms with Gasteiger partial charge in [0.15, 0.2) is 0 Å². The highest BCUT2D eigenvalue weighted by molar-refractivity contribution is 7.58. The van der Waals surface area contributed by atoms with Crippen molar-refractivity contribution in [3.8, 4) is 0 Å². The van der Waals surface area contributed by atoms with Gasteiger partial charge in [-0.2, -0.15) is 0 Å². The molecule has 90 valence electrons. The molecule has 0 rings (SSSR count). The molecule has 15 heavy (non-hydrogen) atoms. The van der Waals surface area contributed by atoms with E-state index in [-0.39, 0.29) is 6.10 Å². The van der Waals surface area contributed by atoms with E-state index in [1.54, 1.807) is 20.8 Å². The highest BCUT2D eigenvalue weighted by Crippen LogP contribution is 2.56. The van der Waals surface area contributed by atoms with Gasteiger partial charge in [0.05, 0.1) is 24.6 Å². The van der Waals surface area contributed by atoms with Crippen LogP contribution in [0.15, 0.2) is 11.9 Å². The minimum atomic E-state index is -3.22. The first-order valence-electron chi connectivity index (χ1n) is 5.21. The highest BCUT2D eigenvalue weighted by atomic mass is 31.2. The maximum atomic E-state index is 12.2. The van der Waals surface area contributed by atoms with E-state index in [0.29, 0.717) is 25.1 Å². The van der Waals surface area contributed by atoms with Crippen LogP contribution in [-0.4, -0.2) is 25.9 Å². The third-order valence-electron chi connectivity index (χ3n) is 1.84. The molecule has 0 saturated carbocycles. The average Bonchev–Trinajstić information content (AvgIpc) is 2.17. The lowest BCUT2D eigenvalue weighted by molar-refractivity contribution is 0.101. The van der Waals surface area contributed by atoms with Crippen LogP contribution in [0.25, 0.3) is 0 Å². The quantitative estimate of drug-likeness (QED) is 0.607. The Morgan fingerprint density at radius 3 is 2.00 bits per heavy atom. The minimum Gasteiger partial charge on any atom is -0.374 e. The van der Waals surface area contributed by atoms with E-state index in [2.05, 4.69) is 6.58 Å². The van der Waals surface area contributed by atoms with E-state index in [9.17, 15) is 4.57 Å². The van der Waals surface area contributed by atoms with Gasteiger partial charge in [0.1, 0.15) is 0 Å². The van der Waals surface area contributed by atoms with Crippen molar-refractivity contribution < 1.29 is 18.3 Å². The van der Waals surface area contributed by atoms with E-state index in [0.717, 1.165) is 0 Å². The molecule has 5 heteroatoms. The van der Waals surface area contributed by atoms with E-state index >= 15 is 0 Å². The van der Waals surface area contributed by atoms with Gasteiger partial charge in [0.25, 0.3) is 0 Å². The Bertz CT molecular complexity index is 230. The maximum absolute atomic E-state index is 12.2. The first-order valence-corrected chi connectivity index (χ1v) is 6.76. The van der Waals surface area contributed by atoms with Gasteiger partial charge in [-0.3, -0.25) is 4.57 Å². The molecule has 0 aromatic rings. The standard InChI is InChI=1S/C10H21O4P/c1-6-12-9(4)10(5)15(11,13-7-2)14-8-3/h9H,5-8H2,1-4H3. The van der Waals surface area contributed by atoms with Crippen LogP contribution in [0, 0.1) is 0 Å². The summed E-state index contributed by atoms with van der Waals surface area (Å²) in [4.78, 5) is 0. The normalized spacial score (nSPS) is 13.9. The first kappa shape index (κ1) is 14.8. The zero-order valence-corrected chi connectivity index (χ0v) is 10.9. The van der Waals surface area contributed by atoms with Gasteiger partial charge >= 0.3 is 7.60 Å². The Kier molecular flexibility index (Phi) is 7.11. The number of rotatable bonds is 8. The molecule has 0 aliphatic rings. The zero-order valence-electron chi connectivity index (χ0n) is 9.99. The second-order valence-electron chi connectivity index (χ2n) is 2.92. The second-order valence-corrected chi connectivity index (χ2v) is 5.01. The Balaban J connectivity index is 4.61. The van der Waals surface area contributed by atoms with E-state index in [4.69, 9.17) is 13.8 Å². The molecule has 4 nitrogen and oxygen atoms in total. The molecule has 0 aromatic carbocycles. The molecule has 0 heterocycles. The molecule has 0 fully saturated rings. The van der Waals surface area contributed by atoms with Gasteiger partial charge in [-0.25, -0.2) is 0 Å². The molecular weight excluding hydrogens is 215 g/mol. The fraction of sp³-hybridized carbons (Fsp3) is 0.800. The lowest BCUT2D eigenvalue weighted by Gasteiger charge is -2.23. The largest absolute Gasteiger partial charge is 0.374 e. The molecular formula is C10H21O4P. The van der Waals surface area contributed by atoms with Crippen molar-refractivity contribution in [1.82, 2.24) is 0 Å². The first-order chi connectivity index (χ1) is 7.01. The Labute approximate surface area is 92.1 Å². The van der Waals surface area contributed by atoms with Gasteiger partial charge in [-0.05, 0) is 27.7 Å². The monoisotopic (exact) mass is 236 g/mol. The van der Waals surface area contributed by atoms with Crippen molar-refractivity contribution in [3.05, 3.63) is 11.9 Å². The molecule has 0 aliphatic heterocycles. The fourth-order valence-corrected chi connectivity index (χ4v) is 2.72. The van der Waals surface area contributed by atoms with Crippen LogP contribution in [0.3, 0.4) is 0 Å². The molecule has 0 radical (unpaired) electrons. The highest BCUT2D eigenvalue weighted by Gasteiger charge is 2.31. The maximum Gasteiger partial charge on any atom is 0.359 e. The summed E-state index contributed by atoms with van der Waals surface area (Å²) in [6.07, 6.45) is -0.320. The minimum absolute atomic E-state index is 0.320. The smallest absolute Gasteiger partial charge is 0.359 e. The summed E-state index contributed by atoms with van der Waals surface area (Å²) >= 11 is 0. The van der Waals surface area contributed by atoms with Crippen LogP contribution in [0.1, 0.15) is 27.7 Å². The third kappa shape index (κ3) is 4.47. The molecule has 0 bridgehead atoms. The molecule has 1 atom stereocenters. The summed E-state index contributed by atoms with van der Waals surface area (Å²) < 4.78 is 27.8. The second kappa shape index (κ2) is 7.18. The summed E-state index contributed by atoms with van der Waals surface area (Å²) in [6, 6.07) is 0. The zero-order chi connectivity index (χ0) is 11.9. The number of hydrogen-bond acceptors (Lipinski definition) is 4. The van der Waals surface area contributed by atoms with Gasteiger partial charge < -0.3 is 13.8 Å². The molecule has 0 amide bonds. The van der Waals surface area contributed by atoms with E-state index < -0.39 is 7.60 Å². The van der Waals surface area contributed by atoms with Crippen LogP contribution in [0.5, 0.6) is 0 Å².